The molecule has 0 aliphatic heterocycles. The molecule has 2 aliphatic carbocycles. The molecular formula is C22H20Zr. The van der Waals surface area contributed by atoms with Gasteiger partial charge < -0.3 is 0 Å². The minimum absolute atomic E-state index is 0.562. The van der Waals surface area contributed by atoms with Crippen molar-refractivity contribution in [2.75, 3.05) is 0 Å². The third-order valence-corrected chi connectivity index (χ3v) is 18.4. The van der Waals surface area contributed by atoms with Crippen LogP contribution in [0.1, 0.15) is 0 Å². The molecule has 112 valence electrons. The van der Waals surface area contributed by atoms with Crippen LogP contribution in [0.2, 0.25) is 7.25 Å². The van der Waals surface area contributed by atoms with E-state index in [0.717, 1.165) is 0 Å². The van der Waals surface area contributed by atoms with Gasteiger partial charge in [-0.2, -0.15) is 0 Å². The Morgan fingerprint density at radius 2 is 0.826 bits per heavy atom. The molecule has 0 bridgehead atoms. The zero-order valence-electron chi connectivity index (χ0n) is 13.0. The van der Waals surface area contributed by atoms with Crippen LogP contribution in [0.15, 0.2) is 109 Å². The maximum absolute atomic E-state index is 3.02. The van der Waals surface area contributed by atoms with Gasteiger partial charge in [0.25, 0.3) is 0 Å². The van der Waals surface area contributed by atoms with Crippen LogP contribution in [0.5, 0.6) is 0 Å². The number of hydrogen-bond donors (Lipinski definition) is 0. The Morgan fingerprint density at radius 3 is 1.17 bits per heavy atom. The van der Waals surface area contributed by atoms with E-state index in [1.807, 2.05) is 0 Å². The fraction of sp³-hybridized carbons (Fsp3) is 0.0909. The number of allylic oxidation sites excluding steroid dienone is 8. The topological polar surface area (TPSA) is 0 Å². The molecule has 2 aromatic carbocycles. The molecule has 0 radical (unpaired) electrons. The summed E-state index contributed by atoms with van der Waals surface area (Å²) in [5.41, 5.74) is 0. The molecule has 2 aromatic rings. The molecule has 23 heavy (non-hydrogen) atoms. The second-order valence-electron chi connectivity index (χ2n) is 6.19. The zero-order chi connectivity index (χ0) is 15.5. The van der Waals surface area contributed by atoms with E-state index in [2.05, 4.69) is 109 Å². The van der Waals surface area contributed by atoms with Crippen molar-refractivity contribution in [3.63, 3.8) is 0 Å². The van der Waals surface area contributed by atoms with E-state index >= 15 is 0 Å². The molecule has 0 atom stereocenters. The van der Waals surface area contributed by atoms with Crippen LogP contribution in [0.25, 0.3) is 0 Å². The van der Waals surface area contributed by atoms with E-state index in [1.54, 1.807) is 6.54 Å². The number of rotatable bonds is 4. The number of hydrogen-bond acceptors (Lipinski definition) is 0. The van der Waals surface area contributed by atoms with Crippen LogP contribution in [0.3, 0.4) is 0 Å². The Bertz CT molecular complexity index is 688. The van der Waals surface area contributed by atoms with Crippen LogP contribution in [-0.4, -0.2) is 0 Å². The van der Waals surface area contributed by atoms with Crippen LogP contribution in [0, 0.1) is 0 Å². The molecule has 2 aliphatic rings. The first-order valence-electron chi connectivity index (χ1n) is 8.23. The first-order valence-corrected chi connectivity index (χ1v) is 13.5. The minimum atomic E-state index is -3.02. The van der Waals surface area contributed by atoms with Crippen LogP contribution < -0.4 is 6.54 Å². The first-order chi connectivity index (χ1) is 11.4. The molecule has 0 saturated carbocycles. The van der Waals surface area contributed by atoms with Gasteiger partial charge in [-0.15, -0.1) is 0 Å². The summed E-state index contributed by atoms with van der Waals surface area (Å²) >= 11 is -3.02. The van der Waals surface area contributed by atoms with Gasteiger partial charge >= 0.3 is 143 Å². The molecule has 1 heteroatoms. The van der Waals surface area contributed by atoms with E-state index in [4.69, 9.17) is 0 Å². The van der Waals surface area contributed by atoms with Crippen LogP contribution >= 0.6 is 0 Å². The van der Waals surface area contributed by atoms with Gasteiger partial charge in [0.2, 0.25) is 0 Å². The van der Waals surface area contributed by atoms with Gasteiger partial charge in [-0.25, -0.2) is 0 Å². The van der Waals surface area contributed by atoms with Crippen molar-refractivity contribution >= 4 is 6.54 Å². The zero-order valence-corrected chi connectivity index (χ0v) is 15.5. The van der Waals surface area contributed by atoms with Crippen LogP contribution in [0.4, 0.5) is 0 Å². The van der Waals surface area contributed by atoms with E-state index in [1.165, 1.54) is 0 Å². The van der Waals surface area contributed by atoms with Gasteiger partial charge in [0.05, 0.1) is 0 Å². The quantitative estimate of drug-likeness (QED) is 0.731. The Balaban J connectivity index is 2.01. The molecule has 0 N–H and O–H groups in total. The number of benzene rings is 2. The van der Waals surface area contributed by atoms with E-state index in [9.17, 15) is 0 Å². The average molecular weight is 376 g/mol. The summed E-state index contributed by atoms with van der Waals surface area (Å²) in [6.07, 6.45) is 18.6. The van der Waals surface area contributed by atoms with Crippen molar-refractivity contribution < 1.29 is 20.3 Å². The van der Waals surface area contributed by atoms with Gasteiger partial charge in [0.1, 0.15) is 0 Å². The van der Waals surface area contributed by atoms with Crippen molar-refractivity contribution in [3.05, 3.63) is 109 Å². The molecule has 0 spiro atoms. The summed E-state index contributed by atoms with van der Waals surface area (Å²) in [6.45, 7) is 0. The Kier molecular flexibility index (Phi) is 4.14. The van der Waals surface area contributed by atoms with Crippen LogP contribution in [-0.2, 0) is 20.3 Å². The summed E-state index contributed by atoms with van der Waals surface area (Å²) in [6, 6.07) is 22.5. The second-order valence-corrected chi connectivity index (χ2v) is 16.6. The predicted molar refractivity (Wildman–Crippen MR) is 96.2 cm³/mol. The average Bonchev–Trinajstić information content (AvgIpc) is 3.32. The molecule has 0 fully saturated rings. The van der Waals surface area contributed by atoms with E-state index in [-0.39, 0.29) is 0 Å². The van der Waals surface area contributed by atoms with Crippen molar-refractivity contribution in [2.45, 2.75) is 7.25 Å². The monoisotopic (exact) mass is 374 g/mol. The fourth-order valence-corrected chi connectivity index (χ4v) is 17.5. The normalized spacial score (nSPS) is 17.4. The Hall–Kier alpha value is -1.72. The second kappa shape index (κ2) is 6.42. The molecule has 0 saturated heterocycles. The van der Waals surface area contributed by atoms with Gasteiger partial charge in [0.15, 0.2) is 0 Å². The molecular weight excluding hydrogens is 355 g/mol. The molecule has 0 heterocycles. The predicted octanol–water partition coefficient (Wildman–Crippen LogP) is 4.62. The summed E-state index contributed by atoms with van der Waals surface area (Å²) in [4.78, 5) is 0. The van der Waals surface area contributed by atoms with Crippen molar-refractivity contribution in [2.24, 2.45) is 0 Å². The first kappa shape index (κ1) is 14.8. The summed E-state index contributed by atoms with van der Waals surface area (Å²) in [7, 11) is 0. The maximum atomic E-state index is 2.43. The molecule has 0 unspecified atom stereocenters. The third-order valence-electron chi connectivity index (χ3n) is 5.05. The van der Waals surface area contributed by atoms with E-state index < -0.39 is 20.3 Å². The summed E-state index contributed by atoms with van der Waals surface area (Å²) in [5, 5.41) is 0. The summed E-state index contributed by atoms with van der Waals surface area (Å²) < 4.78 is 4.28. The van der Waals surface area contributed by atoms with Crippen molar-refractivity contribution in [3.8, 4) is 0 Å². The molecule has 0 amide bonds. The fourth-order valence-electron chi connectivity index (χ4n) is 4.06. The van der Waals surface area contributed by atoms with Gasteiger partial charge in [-0.05, 0) is 0 Å². The summed E-state index contributed by atoms with van der Waals surface area (Å²) in [5.74, 6) is 0. The molecule has 4 rings (SSSR count). The van der Waals surface area contributed by atoms with Gasteiger partial charge in [-0.1, -0.05) is 0 Å². The molecule has 0 nitrogen and oxygen atoms in total. The van der Waals surface area contributed by atoms with Crippen molar-refractivity contribution in [1.29, 1.82) is 0 Å². The third kappa shape index (κ3) is 2.48. The van der Waals surface area contributed by atoms with E-state index in [0.29, 0.717) is 7.25 Å². The van der Waals surface area contributed by atoms with Gasteiger partial charge in [0, 0.05) is 0 Å². The molecule has 0 aromatic heterocycles. The standard InChI is InChI=1S/2C6H5.2C5H5.Zr/c2*1-2-4-6-5-3-1;2*1-2-4-5-3-1;/h2*1-5H;2*1-5H;. The Labute approximate surface area is 143 Å². The van der Waals surface area contributed by atoms with Gasteiger partial charge in [-0.3, -0.25) is 0 Å². The Morgan fingerprint density at radius 1 is 0.478 bits per heavy atom. The van der Waals surface area contributed by atoms with Crippen molar-refractivity contribution in [1.82, 2.24) is 0 Å². The SMILES string of the molecule is C1=C[CH]([Zr]([c]2ccccc2)([c]2ccccc2)[CH]2C=CC=C2)C=C1.